The summed E-state index contributed by atoms with van der Waals surface area (Å²) in [5, 5.41) is 23.3. The number of carbonyl (C=O) groups excluding carboxylic acids is 1. The molecule has 0 spiro atoms. The van der Waals surface area contributed by atoms with E-state index in [1.165, 1.54) is 23.5 Å². The molecule has 1 N–H and O–H groups in total. The molecule has 0 saturated carbocycles. The number of hydrogen-bond donors (Lipinski definition) is 1. The van der Waals surface area contributed by atoms with Gasteiger partial charge in [0.1, 0.15) is 10.6 Å². The van der Waals surface area contributed by atoms with Gasteiger partial charge in [-0.15, -0.1) is 10.2 Å². The number of ether oxygens (including phenoxy) is 2. The first-order chi connectivity index (χ1) is 13.4. The number of nitro benzene ring substituents is 1. The maximum Gasteiger partial charge on any atom is 0.286 e. The van der Waals surface area contributed by atoms with E-state index in [4.69, 9.17) is 9.47 Å². The third-order valence-corrected chi connectivity index (χ3v) is 5.10. The van der Waals surface area contributed by atoms with Gasteiger partial charge in [-0.25, -0.2) is 0 Å². The van der Waals surface area contributed by atoms with Gasteiger partial charge >= 0.3 is 0 Å². The maximum absolute atomic E-state index is 12.7. The first-order valence-corrected chi connectivity index (χ1v) is 9.99. The van der Waals surface area contributed by atoms with E-state index in [9.17, 15) is 14.9 Å². The Labute approximate surface area is 167 Å². The minimum atomic E-state index is -0.650. The molecule has 0 atom stereocenters. The molecule has 28 heavy (non-hydrogen) atoms. The summed E-state index contributed by atoms with van der Waals surface area (Å²) in [6.07, 6.45) is 1.84. The first-order valence-electron chi connectivity index (χ1n) is 9.17. The zero-order valence-electron chi connectivity index (χ0n) is 16.4. The molecule has 0 radical (unpaired) electrons. The largest absolute Gasteiger partial charge is 0.490 e. The van der Waals surface area contributed by atoms with Crippen LogP contribution in [0.4, 0.5) is 10.8 Å². The number of aromatic nitrogens is 2. The molecule has 0 aliphatic heterocycles. The van der Waals surface area contributed by atoms with Crippen molar-refractivity contribution < 1.29 is 19.2 Å². The Morgan fingerprint density at radius 1 is 1.14 bits per heavy atom. The van der Waals surface area contributed by atoms with E-state index in [1.807, 2.05) is 0 Å². The van der Waals surface area contributed by atoms with Crippen molar-refractivity contribution in [2.75, 3.05) is 18.5 Å². The van der Waals surface area contributed by atoms with Crippen molar-refractivity contribution >= 4 is 28.1 Å². The fourth-order valence-corrected chi connectivity index (χ4v) is 3.68. The van der Waals surface area contributed by atoms with Crippen LogP contribution in [0.25, 0.3) is 0 Å². The second-order valence-electron chi connectivity index (χ2n) is 5.85. The zero-order chi connectivity index (χ0) is 20.7. The van der Waals surface area contributed by atoms with Gasteiger partial charge in [0.2, 0.25) is 5.13 Å². The maximum atomic E-state index is 12.7. The van der Waals surface area contributed by atoms with Crippen molar-refractivity contribution in [3.05, 3.63) is 32.8 Å². The topological polar surface area (TPSA) is 116 Å². The molecule has 0 bridgehead atoms. The summed E-state index contributed by atoms with van der Waals surface area (Å²) in [6, 6.07) is 2.53. The van der Waals surface area contributed by atoms with Crippen LogP contribution in [0.3, 0.4) is 0 Å². The standard InChI is InChI=1S/C18H24N4O5S/c1-5-11(6-2)17-20-21-18(28-17)19-16(23)12-9-14(26-7-3)15(27-8-4)10-13(12)22(24)25/h9-11H,5-8H2,1-4H3,(H,19,21,23). The fraction of sp³-hybridized carbons (Fsp3) is 0.500. The Morgan fingerprint density at radius 2 is 1.75 bits per heavy atom. The number of nitrogens with one attached hydrogen (secondary N) is 1. The van der Waals surface area contributed by atoms with Crippen molar-refractivity contribution in [3.8, 4) is 11.5 Å². The molecule has 10 heteroatoms. The third-order valence-electron chi connectivity index (χ3n) is 4.10. The first kappa shape index (κ1) is 21.5. The molecule has 1 amide bonds. The molecule has 0 saturated heterocycles. The van der Waals surface area contributed by atoms with Crippen molar-refractivity contribution in [3.63, 3.8) is 0 Å². The van der Waals surface area contributed by atoms with Crippen molar-refractivity contribution in [1.29, 1.82) is 0 Å². The van der Waals surface area contributed by atoms with Gasteiger partial charge in [0, 0.05) is 12.0 Å². The molecule has 1 aromatic heterocycles. The van der Waals surface area contributed by atoms with Gasteiger partial charge in [-0.05, 0) is 26.7 Å². The number of benzene rings is 1. The quantitative estimate of drug-likeness (QED) is 0.457. The summed E-state index contributed by atoms with van der Waals surface area (Å²) < 4.78 is 10.9. The van der Waals surface area contributed by atoms with E-state index in [2.05, 4.69) is 29.4 Å². The third kappa shape index (κ3) is 4.94. The Bertz CT molecular complexity index is 835. The van der Waals surface area contributed by atoms with Crippen LogP contribution in [0, 0.1) is 10.1 Å². The van der Waals surface area contributed by atoms with Crippen LogP contribution < -0.4 is 14.8 Å². The van der Waals surface area contributed by atoms with Crippen LogP contribution in [0.1, 0.15) is 61.8 Å². The van der Waals surface area contributed by atoms with Crippen LogP contribution in [-0.4, -0.2) is 34.2 Å². The highest BCUT2D eigenvalue weighted by atomic mass is 32.1. The SMILES string of the molecule is CCOc1cc(C(=O)Nc2nnc(C(CC)CC)s2)c([N+](=O)[O-])cc1OCC. The highest BCUT2D eigenvalue weighted by Crippen LogP contribution is 2.36. The van der Waals surface area contributed by atoms with E-state index in [0.29, 0.717) is 18.3 Å². The van der Waals surface area contributed by atoms with Crippen LogP contribution >= 0.6 is 11.3 Å². The van der Waals surface area contributed by atoms with Crippen LogP contribution in [0.2, 0.25) is 0 Å². The monoisotopic (exact) mass is 408 g/mol. The smallest absolute Gasteiger partial charge is 0.286 e. The summed E-state index contributed by atoms with van der Waals surface area (Å²) in [5.41, 5.74) is -0.495. The highest BCUT2D eigenvalue weighted by Gasteiger charge is 2.26. The molecule has 0 aliphatic rings. The van der Waals surface area contributed by atoms with E-state index < -0.39 is 10.8 Å². The van der Waals surface area contributed by atoms with E-state index in [-0.39, 0.29) is 28.7 Å². The molecule has 1 heterocycles. The Morgan fingerprint density at radius 3 is 2.29 bits per heavy atom. The molecular formula is C18H24N4O5S. The lowest BCUT2D eigenvalue weighted by molar-refractivity contribution is -0.385. The van der Waals surface area contributed by atoms with Gasteiger partial charge in [0.05, 0.1) is 24.2 Å². The summed E-state index contributed by atoms with van der Waals surface area (Å²) in [5.74, 6) is 0.116. The Balaban J connectivity index is 2.35. The zero-order valence-corrected chi connectivity index (χ0v) is 17.2. The molecule has 2 rings (SSSR count). The molecule has 1 aromatic carbocycles. The molecule has 0 unspecified atom stereocenters. The molecular weight excluding hydrogens is 384 g/mol. The lowest BCUT2D eigenvalue weighted by Gasteiger charge is -2.12. The van der Waals surface area contributed by atoms with Gasteiger partial charge in [-0.3, -0.25) is 20.2 Å². The Kier molecular flexibility index (Phi) is 7.68. The summed E-state index contributed by atoms with van der Waals surface area (Å²) in [6.45, 7) is 8.30. The van der Waals surface area contributed by atoms with E-state index in [1.54, 1.807) is 13.8 Å². The molecule has 2 aromatic rings. The number of nitrogens with zero attached hydrogens (tertiary/aromatic N) is 3. The average molecular weight is 408 g/mol. The summed E-state index contributed by atoms with van der Waals surface area (Å²) >= 11 is 1.27. The number of carbonyl (C=O) groups is 1. The number of nitro groups is 1. The molecule has 0 aliphatic carbocycles. The number of amides is 1. The molecule has 152 valence electrons. The van der Waals surface area contributed by atoms with Gasteiger partial charge in [0.25, 0.3) is 11.6 Å². The molecule has 9 nitrogen and oxygen atoms in total. The molecule has 0 fully saturated rings. The van der Waals surface area contributed by atoms with Crippen molar-refractivity contribution in [2.45, 2.75) is 46.5 Å². The van der Waals surface area contributed by atoms with Crippen LogP contribution in [0.5, 0.6) is 11.5 Å². The normalized spacial score (nSPS) is 10.8. The lowest BCUT2D eigenvalue weighted by Crippen LogP contribution is -2.14. The second kappa shape index (κ2) is 9.98. The summed E-state index contributed by atoms with van der Waals surface area (Å²) in [4.78, 5) is 23.6. The van der Waals surface area contributed by atoms with Gasteiger partial charge < -0.3 is 9.47 Å². The minimum absolute atomic E-state index is 0.129. The lowest BCUT2D eigenvalue weighted by atomic mass is 10.1. The minimum Gasteiger partial charge on any atom is -0.490 e. The predicted octanol–water partition coefficient (Wildman–Crippen LogP) is 4.40. The number of hydrogen-bond acceptors (Lipinski definition) is 8. The predicted molar refractivity (Wildman–Crippen MR) is 107 cm³/mol. The van der Waals surface area contributed by atoms with Gasteiger partial charge in [0.15, 0.2) is 11.5 Å². The number of anilines is 1. The average Bonchev–Trinajstić information content (AvgIpc) is 3.12. The van der Waals surface area contributed by atoms with Gasteiger partial charge in [-0.1, -0.05) is 25.2 Å². The van der Waals surface area contributed by atoms with E-state index >= 15 is 0 Å². The summed E-state index contributed by atoms with van der Waals surface area (Å²) in [7, 11) is 0. The van der Waals surface area contributed by atoms with Crippen LogP contribution in [-0.2, 0) is 0 Å². The van der Waals surface area contributed by atoms with Crippen molar-refractivity contribution in [2.24, 2.45) is 0 Å². The highest BCUT2D eigenvalue weighted by molar-refractivity contribution is 7.15. The van der Waals surface area contributed by atoms with Gasteiger partial charge in [-0.2, -0.15) is 0 Å². The van der Waals surface area contributed by atoms with Crippen molar-refractivity contribution in [1.82, 2.24) is 10.2 Å². The van der Waals surface area contributed by atoms with E-state index in [0.717, 1.165) is 17.8 Å². The fourth-order valence-electron chi connectivity index (χ4n) is 2.67. The van der Waals surface area contributed by atoms with Crippen LogP contribution in [0.15, 0.2) is 12.1 Å². The Hall–Kier alpha value is -2.75. The second-order valence-corrected chi connectivity index (χ2v) is 6.86. The number of rotatable bonds is 10.